The van der Waals surface area contributed by atoms with Crippen molar-refractivity contribution in [2.24, 2.45) is 0 Å². The Morgan fingerprint density at radius 1 is 1.19 bits per heavy atom. The van der Waals surface area contributed by atoms with Gasteiger partial charge in [-0.15, -0.1) is 0 Å². The first kappa shape index (κ1) is 21.2. The Balaban J connectivity index is 1.96. The lowest BCUT2D eigenvalue weighted by molar-refractivity contribution is 0.0697. The minimum absolute atomic E-state index is 0.105. The van der Waals surface area contributed by atoms with Crippen molar-refractivity contribution in [3.63, 3.8) is 0 Å². The zero-order valence-corrected chi connectivity index (χ0v) is 18.5. The zero-order chi connectivity index (χ0) is 22.8. The summed E-state index contributed by atoms with van der Waals surface area (Å²) in [5.41, 5.74) is 6.14. The Morgan fingerprint density at radius 2 is 1.97 bits per heavy atom. The quantitative estimate of drug-likeness (QED) is 0.387. The van der Waals surface area contributed by atoms with Crippen LogP contribution in [0.4, 0.5) is 11.5 Å². The minimum Gasteiger partial charge on any atom is -0.497 e. The highest BCUT2D eigenvalue weighted by Gasteiger charge is 2.23. The van der Waals surface area contributed by atoms with E-state index in [0.29, 0.717) is 17.3 Å². The third kappa shape index (κ3) is 3.73. The van der Waals surface area contributed by atoms with E-state index in [0.717, 1.165) is 40.1 Å². The van der Waals surface area contributed by atoms with E-state index in [2.05, 4.69) is 12.2 Å². The number of ether oxygens (including phenoxy) is 1. The molecule has 2 heterocycles. The van der Waals surface area contributed by atoms with Crippen LogP contribution in [-0.2, 0) is 6.42 Å². The first-order chi connectivity index (χ1) is 15.4. The fraction of sp³-hybridized carbons (Fsp3) is 0.200. The molecule has 2 N–H and O–H groups in total. The Morgan fingerprint density at radius 3 is 2.66 bits per heavy atom. The maximum atomic E-state index is 12.0. The molecule has 0 spiro atoms. The minimum atomic E-state index is -1.05. The fourth-order valence-corrected chi connectivity index (χ4v) is 3.82. The molecule has 0 atom stereocenters. The fourth-order valence-electron chi connectivity index (χ4n) is 3.82. The second-order valence-corrected chi connectivity index (χ2v) is 7.51. The van der Waals surface area contributed by atoms with Crippen molar-refractivity contribution in [1.82, 2.24) is 9.78 Å². The van der Waals surface area contributed by atoms with Crippen LogP contribution in [0, 0.1) is 13.8 Å². The van der Waals surface area contributed by atoms with Crippen LogP contribution in [0.1, 0.15) is 34.1 Å². The van der Waals surface area contributed by atoms with E-state index in [-0.39, 0.29) is 5.56 Å². The van der Waals surface area contributed by atoms with E-state index >= 15 is 0 Å². The summed E-state index contributed by atoms with van der Waals surface area (Å²) in [6.07, 6.45) is 4.24. The molecular formula is C25H25N3O4. The third-order valence-electron chi connectivity index (χ3n) is 5.51. The average molecular weight is 431 g/mol. The Hall–Kier alpha value is -4.00. The molecule has 0 saturated heterocycles. The molecule has 0 bridgehead atoms. The van der Waals surface area contributed by atoms with Crippen LogP contribution in [-0.4, -0.2) is 28.0 Å². The number of furan rings is 1. The molecule has 7 nitrogen and oxygen atoms in total. The topological polar surface area (TPSA) is 89.5 Å². The lowest BCUT2D eigenvalue weighted by Gasteiger charge is -2.16. The number of anilines is 2. The Kier molecular flexibility index (Phi) is 5.73. The maximum absolute atomic E-state index is 12.0. The van der Waals surface area contributed by atoms with Gasteiger partial charge >= 0.3 is 5.97 Å². The van der Waals surface area contributed by atoms with Crippen LogP contribution in [0.25, 0.3) is 16.8 Å². The second kappa shape index (κ2) is 8.63. The number of carboxylic acid groups (broad SMARTS) is 1. The first-order valence-electron chi connectivity index (χ1n) is 10.3. The van der Waals surface area contributed by atoms with E-state index in [1.807, 2.05) is 42.8 Å². The monoisotopic (exact) mass is 431 g/mol. The molecule has 164 valence electrons. The summed E-state index contributed by atoms with van der Waals surface area (Å²) >= 11 is 0. The largest absolute Gasteiger partial charge is 0.497 e. The highest BCUT2D eigenvalue weighted by atomic mass is 16.5. The molecule has 0 aliphatic carbocycles. The van der Waals surface area contributed by atoms with Crippen molar-refractivity contribution >= 4 is 17.5 Å². The standard InChI is InChI=1S/C25H25N3O4/c1-5-17-13-32-14-20(17)23-16(3)27-28(22-9-7-6-8-15(22)2)24(23)26-21-11-10-18(31-4)12-19(21)25(29)30/h6-14,26H,5H2,1-4H3,(H,29,30). The predicted octanol–water partition coefficient (Wildman–Crippen LogP) is 5.76. The van der Waals surface area contributed by atoms with Crippen LogP contribution < -0.4 is 10.1 Å². The van der Waals surface area contributed by atoms with Crippen LogP contribution >= 0.6 is 0 Å². The number of nitrogens with zero attached hydrogens (tertiary/aromatic N) is 2. The second-order valence-electron chi connectivity index (χ2n) is 7.51. The molecule has 2 aromatic carbocycles. The summed E-state index contributed by atoms with van der Waals surface area (Å²) < 4.78 is 12.5. The van der Waals surface area contributed by atoms with Crippen LogP contribution in [0.15, 0.2) is 59.4 Å². The summed E-state index contributed by atoms with van der Waals surface area (Å²) in [6, 6.07) is 12.9. The van der Waals surface area contributed by atoms with E-state index in [1.54, 1.807) is 24.7 Å². The Labute approximate surface area is 186 Å². The van der Waals surface area contributed by atoms with Gasteiger partial charge in [0.1, 0.15) is 11.6 Å². The van der Waals surface area contributed by atoms with Crippen molar-refractivity contribution in [2.45, 2.75) is 27.2 Å². The van der Waals surface area contributed by atoms with Gasteiger partial charge in [0.15, 0.2) is 0 Å². The number of rotatable bonds is 7. The summed E-state index contributed by atoms with van der Waals surface area (Å²) in [7, 11) is 1.51. The van der Waals surface area contributed by atoms with E-state index in [1.165, 1.54) is 13.2 Å². The number of carboxylic acids is 1. The predicted molar refractivity (Wildman–Crippen MR) is 123 cm³/mol. The average Bonchev–Trinajstić information content (AvgIpc) is 3.37. The molecule has 0 amide bonds. The number of aromatic nitrogens is 2. The van der Waals surface area contributed by atoms with Crippen molar-refractivity contribution in [1.29, 1.82) is 0 Å². The van der Waals surface area contributed by atoms with Crippen molar-refractivity contribution in [2.75, 3.05) is 12.4 Å². The molecule has 2 aromatic heterocycles. The Bertz CT molecular complexity index is 1290. The van der Waals surface area contributed by atoms with E-state index in [4.69, 9.17) is 14.3 Å². The zero-order valence-electron chi connectivity index (χ0n) is 18.5. The summed E-state index contributed by atoms with van der Waals surface area (Å²) in [4.78, 5) is 12.0. The molecule has 32 heavy (non-hydrogen) atoms. The van der Waals surface area contributed by atoms with Crippen molar-refractivity contribution in [3.05, 3.63) is 77.4 Å². The summed E-state index contributed by atoms with van der Waals surface area (Å²) in [6.45, 7) is 6.02. The van der Waals surface area contributed by atoms with E-state index in [9.17, 15) is 9.90 Å². The number of carbonyl (C=O) groups is 1. The first-order valence-corrected chi connectivity index (χ1v) is 10.3. The van der Waals surface area contributed by atoms with Crippen LogP contribution in [0.2, 0.25) is 0 Å². The normalized spacial score (nSPS) is 10.9. The van der Waals surface area contributed by atoms with Gasteiger partial charge in [0.2, 0.25) is 0 Å². The van der Waals surface area contributed by atoms with Crippen molar-refractivity contribution < 1.29 is 19.1 Å². The number of aryl methyl sites for hydroxylation is 3. The van der Waals surface area contributed by atoms with Gasteiger partial charge in [-0.1, -0.05) is 25.1 Å². The summed E-state index contributed by atoms with van der Waals surface area (Å²) in [5.74, 6) is 0.0876. The SMILES string of the molecule is CCc1cocc1-c1c(C)nn(-c2ccccc2C)c1Nc1ccc(OC)cc1C(=O)O. The molecule has 0 radical (unpaired) electrons. The molecule has 0 aliphatic rings. The molecule has 0 aliphatic heterocycles. The number of nitrogens with one attached hydrogen (secondary N) is 1. The molecule has 4 aromatic rings. The van der Waals surface area contributed by atoms with Gasteiger partial charge in [0.25, 0.3) is 0 Å². The highest BCUT2D eigenvalue weighted by Crippen LogP contribution is 2.39. The number of benzene rings is 2. The molecule has 0 unspecified atom stereocenters. The van der Waals surface area contributed by atoms with Gasteiger partial charge in [-0.2, -0.15) is 5.10 Å². The number of para-hydroxylation sites is 1. The molecule has 7 heteroatoms. The van der Waals surface area contributed by atoms with Gasteiger partial charge in [-0.25, -0.2) is 9.48 Å². The number of hydrogen-bond acceptors (Lipinski definition) is 5. The number of aromatic carboxylic acids is 1. The maximum Gasteiger partial charge on any atom is 0.337 e. The van der Waals surface area contributed by atoms with Crippen molar-refractivity contribution in [3.8, 4) is 22.6 Å². The van der Waals surface area contributed by atoms with Gasteiger partial charge in [-0.3, -0.25) is 0 Å². The van der Waals surface area contributed by atoms with Gasteiger partial charge in [-0.05, 0) is 55.7 Å². The van der Waals surface area contributed by atoms with Gasteiger partial charge < -0.3 is 19.6 Å². The number of methoxy groups -OCH3 is 1. The highest BCUT2D eigenvalue weighted by molar-refractivity contribution is 5.96. The number of hydrogen-bond donors (Lipinski definition) is 2. The van der Waals surface area contributed by atoms with Crippen LogP contribution in [0.3, 0.4) is 0 Å². The third-order valence-corrected chi connectivity index (χ3v) is 5.51. The lowest BCUT2D eigenvalue weighted by atomic mass is 10.0. The molecular weight excluding hydrogens is 406 g/mol. The smallest absolute Gasteiger partial charge is 0.337 e. The summed E-state index contributed by atoms with van der Waals surface area (Å²) in [5, 5.41) is 18.0. The molecule has 0 saturated carbocycles. The van der Waals surface area contributed by atoms with Gasteiger partial charge in [0.05, 0.1) is 47.8 Å². The molecule has 0 fully saturated rings. The van der Waals surface area contributed by atoms with Crippen LogP contribution in [0.5, 0.6) is 5.75 Å². The van der Waals surface area contributed by atoms with Gasteiger partial charge in [0, 0.05) is 5.56 Å². The van der Waals surface area contributed by atoms with E-state index < -0.39 is 5.97 Å². The lowest BCUT2D eigenvalue weighted by Crippen LogP contribution is -2.08. The molecule has 4 rings (SSSR count).